The predicted octanol–water partition coefficient (Wildman–Crippen LogP) is 2.63. The van der Waals surface area contributed by atoms with Gasteiger partial charge in [-0.3, -0.25) is 0 Å². The fourth-order valence-corrected chi connectivity index (χ4v) is 2.07. The highest BCUT2D eigenvalue weighted by atomic mass is 16.5. The number of hydrogen-bond acceptors (Lipinski definition) is 3. The molecule has 0 radical (unpaired) electrons. The van der Waals surface area contributed by atoms with Crippen molar-refractivity contribution >= 4 is 11.4 Å². The van der Waals surface area contributed by atoms with Crippen LogP contribution in [-0.4, -0.2) is 6.73 Å². The summed E-state index contributed by atoms with van der Waals surface area (Å²) in [6.45, 7) is 1.42. The van der Waals surface area contributed by atoms with Gasteiger partial charge in [0.05, 0.1) is 0 Å². The van der Waals surface area contributed by atoms with E-state index in [1.807, 2.05) is 36.4 Å². The number of anilines is 2. The zero-order valence-electron chi connectivity index (χ0n) is 9.47. The van der Waals surface area contributed by atoms with Crippen LogP contribution < -0.4 is 15.4 Å². The fraction of sp³-hybridized carbons (Fsp3) is 0.143. The van der Waals surface area contributed by atoms with E-state index in [0.29, 0.717) is 6.73 Å². The van der Waals surface area contributed by atoms with Gasteiger partial charge >= 0.3 is 0 Å². The SMILES string of the molecule is Nc1ccc2c(c1)CN(c1ccccc1)CO2. The van der Waals surface area contributed by atoms with Crippen LogP contribution in [0.2, 0.25) is 0 Å². The minimum absolute atomic E-state index is 0.584. The molecule has 2 aromatic rings. The highest BCUT2D eigenvalue weighted by molar-refractivity contribution is 5.53. The van der Waals surface area contributed by atoms with E-state index >= 15 is 0 Å². The van der Waals surface area contributed by atoms with Gasteiger partial charge in [0, 0.05) is 23.5 Å². The van der Waals surface area contributed by atoms with Crippen LogP contribution in [-0.2, 0) is 6.54 Å². The molecule has 0 aromatic heterocycles. The molecule has 1 aliphatic rings. The normalized spacial score (nSPS) is 14.0. The van der Waals surface area contributed by atoms with Crippen molar-refractivity contribution in [1.82, 2.24) is 0 Å². The number of para-hydroxylation sites is 1. The van der Waals surface area contributed by atoms with Crippen molar-refractivity contribution < 1.29 is 4.74 Å². The molecule has 1 heterocycles. The Morgan fingerprint density at radius 2 is 1.88 bits per heavy atom. The van der Waals surface area contributed by atoms with E-state index in [2.05, 4.69) is 17.0 Å². The van der Waals surface area contributed by atoms with Gasteiger partial charge in [-0.25, -0.2) is 0 Å². The number of nitrogens with two attached hydrogens (primary N) is 1. The zero-order valence-corrected chi connectivity index (χ0v) is 9.47. The minimum Gasteiger partial charge on any atom is -0.473 e. The van der Waals surface area contributed by atoms with Crippen molar-refractivity contribution in [2.75, 3.05) is 17.4 Å². The lowest BCUT2D eigenvalue weighted by Gasteiger charge is -2.30. The largest absolute Gasteiger partial charge is 0.473 e. The molecule has 1 aliphatic heterocycles. The number of nitrogens with zero attached hydrogens (tertiary/aromatic N) is 1. The number of hydrogen-bond donors (Lipinski definition) is 1. The molecular formula is C14H14N2O. The highest BCUT2D eigenvalue weighted by Crippen LogP contribution is 2.29. The van der Waals surface area contributed by atoms with E-state index in [1.165, 1.54) is 5.69 Å². The topological polar surface area (TPSA) is 38.5 Å². The van der Waals surface area contributed by atoms with Gasteiger partial charge in [0.15, 0.2) is 6.73 Å². The first kappa shape index (κ1) is 10.0. The Morgan fingerprint density at radius 3 is 2.71 bits per heavy atom. The number of nitrogen functional groups attached to an aromatic ring is 1. The van der Waals surface area contributed by atoms with E-state index in [9.17, 15) is 0 Å². The lowest BCUT2D eigenvalue weighted by atomic mass is 10.1. The van der Waals surface area contributed by atoms with Crippen LogP contribution in [0.1, 0.15) is 5.56 Å². The second-order valence-electron chi connectivity index (χ2n) is 4.17. The van der Waals surface area contributed by atoms with Crippen LogP contribution in [0.4, 0.5) is 11.4 Å². The Bertz CT molecular complexity index is 525. The van der Waals surface area contributed by atoms with Crippen molar-refractivity contribution in [3.8, 4) is 5.75 Å². The van der Waals surface area contributed by atoms with Gasteiger partial charge in [-0.05, 0) is 30.3 Å². The smallest absolute Gasteiger partial charge is 0.161 e. The molecule has 0 unspecified atom stereocenters. The predicted molar refractivity (Wildman–Crippen MR) is 69.0 cm³/mol. The summed E-state index contributed by atoms with van der Waals surface area (Å²) in [6.07, 6.45) is 0. The molecule has 2 N–H and O–H groups in total. The van der Waals surface area contributed by atoms with E-state index in [0.717, 1.165) is 23.5 Å². The maximum absolute atomic E-state index is 5.79. The zero-order chi connectivity index (χ0) is 11.7. The van der Waals surface area contributed by atoms with Crippen molar-refractivity contribution in [3.63, 3.8) is 0 Å². The monoisotopic (exact) mass is 226 g/mol. The third kappa shape index (κ3) is 1.91. The molecule has 0 bridgehead atoms. The third-order valence-corrected chi connectivity index (χ3v) is 2.94. The second-order valence-corrected chi connectivity index (χ2v) is 4.17. The highest BCUT2D eigenvalue weighted by Gasteiger charge is 2.17. The molecular weight excluding hydrogens is 212 g/mol. The number of benzene rings is 2. The number of rotatable bonds is 1. The Morgan fingerprint density at radius 1 is 1.06 bits per heavy atom. The first-order chi connectivity index (χ1) is 8.33. The van der Waals surface area contributed by atoms with E-state index in [-0.39, 0.29) is 0 Å². The van der Waals surface area contributed by atoms with Gasteiger partial charge < -0.3 is 15.4 Å². The molecule has 3 rings (SSSR count). The first-order valence-corrected chi connectivity index (χ1v) is 5.64. The Kier molecular flexibility index (Phi) is 2.37. The standard InChI is InChI=1S/C14H14N2O/c15-12-6-7-14-11(8-12)9-16(10-17-14)13-4-2-1-3-5-13/h1-8H,9-10,15H2. The van der Waals surface area contributed by atoms with E-state index in [4.69, 9.17) is 10.5 Å². The van der Waals surface area contributed by atoms with Gasteiger partial charge in [-0.1, -0.05) is 18.2 Å². The molecule has 3 nitrogen and oxygen atoms in total. The van der Waals surface area contributed by atoms with E-state index in [1.54, 1.807) is 0 Å². The molecule has 0 saturated heterocycles. The van der Waals surface area contributed by atoms with Crippen LogP contribution in [0.25, 0.3) is 0 Å². The van der Waals surface area contributed by atoms with Gasteiger partial charge in [0.1, 0.15) is 5.75 Å². The average molecular weight is 226 g/mol. The van der Waals surface area contributed by atoms with Crippen molar-refractivity contribution in [3.05, 3.63) is 54.1 Å². The molecule has 2 aromatic carbocycles. The first-order valence-electron chi connectivity index (χ1n) is 5.64. The van der Waals surface area contributed by atoms with Crippen molar-refractivity contribution in [1.29, 1.82) is 0 Å². The Balaban J connectivity index is 1.90. The molecule has 0 amide bonds. The summed E-state index contributed by atoms with van der Waals surface area (Å²) in [4.78, 5) is 2.18. The van der Waals surface area contributed by atoms with Crippen LogP contribution >= 0.6 is 0 Å². The molecule has 0 atom stereocenters. The van der Waals surface area contributed by atoms with Gasteiger partial charge in [0.2, 0.25) is 0 Å². The molecule has 86 valence electrons. The number of fused-ring (bicyclic) bond motifs is 1. The van der Waals surface area contributed by atoms with Crippen LogP contribution in [0.3, 0.4) is 0 Å². The van der Waals surface area contributed by atoms with Crippen LogP contribution in [0, 0.1) is 0 Å². The quantitative estimate of drug-likeness (QED) is 0.760. The average Bonchev–Trinajstić information content (AvgIpc) is 2.39. The summed E-state index contributed by atoms with van der Waals surface area (Å²) in [5, 5.41) is 0. The molecule has 0 saturated carbocycles. The molecule has 0 fully saturated rings. The van der Waals surface area contributed by atoms with E-state index < -0.39 is 0 Å². The molecule has 17 heavy (non-hydrogen) atoms. The Hall–Kier alpha value is -2.16. The molecule has 0 aliphatic carbocycles. The maximum Gasteiger partial charge on any atom is 0.161 e. The minimum atomic E-state index is 0.584. The lowest BCUT2D eigenvalue weighted by molar-refractivity contribution is 0.289. The second kappa shape index (κ2) is 4.01. The summed E-state index contributed by atoms with van der Waals surface area (Å²) < 4.78 is 5.72. The lowest BCUT2D eigenvalue weighted by Crippen LogP contribution is -2.31. The summed E-state index contributed by atoms with van der Waals surface area (Å²) in [7, 11) is 0. The van der Waals surface area contributed by atoms with Crippen LogP contribution in [0.5, 0.6) is 5.75 Å². The van der Waals surface area contributed by atoms with Crippen LogP contribution in [0.15, 0.2) is 48.5 Å². The van der Waals surface area contributed by atoms with Gasteiger partial charge in [0.25, 0.3) is 0 Å². The summed E-state index contributed by atoms with van der Waals surface area (Å²) >= 11 is 0. The third-order valence-electron chi connectivity index (χ3n) is 2.94. The summed E-state index contributed by atoms with van der Waals surface area (Å²) in [6, 6.07) is 16.0. The molecule has 0 spiro atoms. The number of ether oxygens (including phenoxy) is 1. The van der Waals surface area contributed by atoms with Gasteiger partial charge in [-0.15, -0.1) is 0 Å². The Labute approximate surface area is 100 Å². The van der Waals surface area contributed by atoms with Crippen molar-refractivity contribution in [2.45, 2.75) is 6.54 Å². The fourth-order valence-electron chi connectivity index (χ4n) is 2.07. The molecule has 3 heteroatoms. The summed E-state index contributed by atoms with van der Waals surface area (Å²) in [5.41, 5.74) is 8.88. The van der Waals surface area contributed by atoms with Crippen molar-refractivity contribution in [2.24, 2.45) is 0 Å². The summed E-state index contributed by atoms with van der Waals surface area (Å²) in [5.74, 6) is 0.936. The van der Waals surface area contributed by atoms with Gasteiger partial charge in [-0.2, -0.15) is 0 Å². The maximum atomic E-state index is 5.79.